The van der Waals surface area contributed by atoms with Crippen molar-refractivity contribution >= 4 is 0 Å². The molecule has 0 aliphatic carbocycles. The second-order valence-corrected chi connectivity index (χ2v) is 6.06. The number of aromatic nitrogens is 1. The van der Waals surface area contributed by atoms with Crippen LogP contribution in [0.25, 0.3) is 11.1 Å². The number of hydrogen-bond donors (Lipinski definition) is 1. The van der Waals surface area contributed by atoms with Crippen LogP contribution < -0.4 is 5.73 Å². The van der Waals surface area contributed by atoms with E-state index >= 15 is 0 Å². The highest BCUT2D eigenvalue weighted by Gasteiger charge is 2.08. The Bertz CT molecular complexity index is 756. The fourth-order valence-corrected chi connectivity index (χ4v) is 2.91. The maximum absolute atomic E-state index is 6.35. The fraction of sp³-hybridized carbons (Fsp3) is 0.190. The van der Waals surface area contributed by atoms with E-state index in [1.54, 1.807) is 0 Å². The molecule has 2 nitrogen and oxygen atoms in total. The topological polar surface area (TPSA) is 38.9 Å². The van der Waals surface area contributed by atoms with Gasteiger partial charge in [0.2, 0.25) is 0 Å². The molecular formula is C21H22N2. The average molecular weight is 302 g/mol. The summed E-state index contributed by atoms with van der Waals surface area (Å²) in [6.07, 6.45) is 0.855. The zero-order chi connectivity index (χ0) is 16.2. The molecule has 1 unspecified atom stereocenters. The van der Waals surface area contributed by atoms with Gasteiger partial charge in [-0.25, -0.2) is 0 Å². The first-order chi connectivity index (χ1) is 11.1. The molecule has 1 atom stereocenters. The molecule has 116 valence electrons. The third-order valence-corrected chi connectivity index (χ3v) is 4.05. The summed E-state index contributed by atoms with van der Waals surface area (Å²) < 4.78 is 0. The molecule has 0 bridgehead atoms. The van der Waals surface area contributed by atoms with Crippen LogP contribution in [0.5, 0.6) is 0 Å². The Morgan fingerprint density at radius 3 is 2.04 bits per heavy atom. The standard InChI is InChI=1S/C21H22N2/c1-15-12-20(13-16(2)23-15)18-8-10-19(11-9-18)21(22)14-17-6-4-3-5-7-17/h3-13,21H,14,22H2,1-2H3. The highest BCUT2D eigenvalue weighted by molar-refractivity contribution is 5.64. The van der Waals surface area contributed by atoms with Crippen molar-refractivity contribution in [3.8, 4) is 11.1 Å². The van der Waals surface area contributed by atoms with Crippen LogP contribution in [-0.4, -0.2) is 4.98 Å². The number of hydrogen-bond acceptors (Lipinski definition) is 2. The van der Waals surface area contributed by atoms with Crippen molar-refractivity contribution in [1.29, 1.82) is 0 Å². The summed E-state index contributed by atoms with van der Waals surface area (Å²) in [6, 6.07) is 23.2. The maximum Gasteiger partial charge on any atom is 0.0382 e. The largest absolute Gasteiger partial charge is 0.324 e. The van der Waals surface area contributed by atoms with Crippen LogP contribution in [0.3, 0.4) is 0 Å². The first-order valence-corrected chi connectivity index (χ1v) is 7.97. The Morgan fingerprint density at radius 2 is 1.43 bits per heavy atom. The van der Waals surface area contributed by atoms with Crippen LogP contribution in [0, 0.1) is 13.8 Å². The highest BCUT2D eigenvalue weighted by atomic mass is 14.7. The van der Waals surface area contributed by atoms with E-state index in [2.05, 4.69) is 65.6 Å². The molecule has 0 radical (unpaired) electrons. The summed E-state index contributed by atoms with van der Waals surface area (Å²) in [7, 11) is 0. The SMILES string of the molecule is Cc1cc(-c2ccc(C(N)Cc3ccccc3)cc2)cc(C)n1. The van der Waals surface area contributed by atoms with Crippen molar-refractivity contribution in [3.05, 3.63) is 89.2 Å². The molecule has 0 spiro atoms. The van der Waals surface area contributed by atoms with Gasteiger partial charge in [0.1, 0.15) is 0 Å². The van der Waals surface area contributed by atoms with Gasteiger partial charge in [-0.15, -0.1) is 0 Å². The first kappa shape index (κ1) is 15.4. The van der Waals surface area contributed by atoms with Crippen molar-refractivity contribution in [2.75, 3.05) is 0 Å². The maximum atomic E-state index is 6.35. The molecule has 3 aromatic rings. The quantitative estimate of drug-likeness (QED) is 0.764. The molecule has 0 amide bonds. The molecule has 0 aliphatic heterocycles. The minimum atomic E-state index is 0.0207. The second-order valence-electron chi connectivity index (χ2n) is 6.06. The van der Waals surface area contributed by atoms with Crippen LogP contribution in [-0.2, 0) is 6.42 Å². The van der Waals surface area contributed by atoms with Crippen molar-refractivity contribution in [1.82, 2.24) is 4.98 Å². The van der Waals surface area contributed by atoms with Gasteiger partial charge in [0.25, 0.3) is 0 Å². The predicted molar refractivity (Wildman–Crippen MR) is 96.2 cm³/mol. The minimum absolute atomic E-state index is 0.0207. The molecule has 2 heteroatoms. The van der Waals surface area contributed by atoms with Crippen molar-refractivity contribution < 1.29 is 0 Å². The van der Waals surface area contributed by atoms with E-state index in [0.29, 0.717) is 0 Å². The van der Waals surface area contributed by atoms with Gasteiger partial charge in [0.15, 0.2) is 0 Å². The molecule has 0 aliphatic rings. The van der Waals surface area contributed by atoms with Gasteiger partial charge in [-0.1, -0.05) is 54.6 Å². The van der Waals surface area contributed by atoms with Gasteiger partial charge < -0.3 is 5.73 Å². The Hall–Kier alpha value is -2.45. The van der Waals surface area contributed by atoms with Crippen LogP contribution in [0.15, 0.2) is 66.7 Å². The molecule has 0 saturated heterocycles. The number of aryl methyl sites for hydroxylation is 2. The summed E-state index contributed by atoms with van der Waals surface area (Å²) in [6.45, 7) is 4.06. The van der Waals surface area contributed by atoms with Crippen molar-refractivity contribution in [2.24, 2.45) is 5.73 Å². The molecule has 23 heavy (non-hydrogen) atoms. The number of nitrogens with two attached hydrogens (primary N) is 1. The van der Waals surface area contributed by atoms with Crippen LogP contribution >= 0.6 is 0 Å². The van der Waals surface area contributed by atoms with E-state index < -0.39 is 0 Å². The Morgan fingerprint density at radius 1 is 0.826 bits per heavy atom. The van der Waals surface area contributed by atoms with E-state index in [4.69, 9.17) is 5.73 Å². The van der Waals surface area contributed by atoms with E-state index in [9.17, 15) is 0 Å². The number of nitrogens with zero attached hydrogens (tertiary/aromatic N) is 1. The zero-order valence-corrected chi connectivity index (χ0v) is 13.7. The van der Waals surface area contributed by atoms with Crippen molar-refractivity contribution in [3.63, 3.8) is 0 Å². The lowest BCUT2D eigenvalue weighted by Crippen LogP contribution is -2.13. The second kappa shape index (κ2) is 6.76. The predicted octanol–water partition coefficient (Wildman–Crippen LogP) is 4.61. The van der Waals surface area contributed by atoms with Crippen LogP contribution in [0.4, 0.5) is 0 Å². The highest BCUT2D eigenvalue weighted by Crippen LogP contribution is 2.24. The monoisotopic (exact) mass is 302 g/mol. The fourth-order valence-electron chi connectivity index (χ4n) is 2.91. The third kappa shape index (κ3) is 3.85. The number of pyridine rings is 1. The van der Waals surface area contributed by atoms with E-state index in [1.165, 1.54) is 22.3 Å². The van der Waals surface area contributed by atoms with E-state index in [-0.39, 0.29) is 6.04 Å². The lowest BCUT2D eigenvalue weighted by Gasteiger charge is -2.13. The van der Waals surface area contributed by atoms with E-state index in [0.717, 1.165) is 17.8 Å². The summed E-state index contributed by atoms with van der Waals surface area (Å²) in [5.74, 6) is 0. The van der Waals surface area contributed by atoms with Crippen LogP contribution in [0.2, 0.25) is 0 Å². The number of rotatable bonds is 4. The van der Waals surface area contributed by atoms with Gasteiger partial charge in [0, 0.05) is 17.4 Å². The lowest BCUT2D eigenvalue weighted by atomic mass is 9.97. The lowest BCUT2D eigenvalue weighted by molar-refractivity contribution is 0.722. The number of benzene rings is 2. The molecule has 2 N–H and O–H groups in total. The van der Waals surface area contributed by atoms with Gasteiger partial charge >= 0.3 is 0 Å². The normalized spacial score (nSPS) is 12.1. The van der Waals surface area contributed by atoms with Gasteiger partial charge in [-0.3, -0.25) is 4.98 Å². The Balaban J connectivity index is 1.79. The summed E-state index contributed by atoms with van der Waals surface area (Å²) in [4.78, 5) is 4.43. The van der Waals surface area contributed by atoms with Crippen LogP contribution in [0.1, 0.15) is 28.6 Å². The third-order valence-electron chi connectivity index (χ3n) is 4.05. The zero-order valence-electron chi connectivity index (χ0n) is 13.7. The van der Waals surface area contributed by atoms with Crippen molar-refractivity contribution in [2.45, 2.75) is 26.3 Å². The summed E-state index contributed by atoms with van der Waals surface area (Å²) >= 11 is 0. The summed E-state index contributed by atoms with van der Waals surface area (Å²) in [5, 5.41) is 0. The average Bonchev–Trinajstić information content (AvgIpc) is 2.55. The molecular weight excluding hydrogens is 280 g/mol. The molecule has 0 fully saturated rings. The molecule has 1 heterocycles. The van der Waals surface area contributed by atoms with E-state index in [1.807, 2.05) is 19.9 Å². The Labute approximate surface area is 138 Å². The molecule has 0 saturated carbocycles. The van der Waals surface area contributed by atoms with Gasteiger partial charge in [-0.05, 0) is 54.7 Å². The molecule has 1 aromatic heterocycles. The first-order valence-electron chi connectivity index (χ1n) is 7.97. The van der Waals surface area contributed by atoms with Gasteiger partial charge in [0.05, 0.1) is 0 Å². The molecule has 3 rings (SSSR count). The summed E-state index contributed by atoms with van der Waals surface area (Å²) in [5.41, 5.74) is 13.3. The molecule has 2 aromatic carbocycles. The Kier molecular flexibility index (Phi) is 4.54. The van der Waals surface area contributed by atoms with Gasteiger partial charge in [-0.2, -0.15) is 0 Å². The smallest absolute Gasteiger partial charge is 0.0382 e. The minimum Gasteiger partial charge on any atom is -0.324 e.